The van der Waals surface area contributed by atoms with Crippen LogP contribution in [-0.4, -0.2) is 25.5 Å². The fourth-order valence-corrected chi connectivity index (χ4v) is 1.57. The van der Waals surface area contributed by atoms with Gasteiger partial charge in [0, 0.05) is 6.54 Å². The molecule has 0 N–H and O–H groups in total. The predicted molar refractivity (Wildman–Crippen MR) is 58.2 cm³/mol. The summed E-state index contributed by atoms with van der Waals surface area (Å²) in [7, 11) is 4.23. The first kappa shape index (κ1) is 10.3. The Morgan fingerprint density at radius 1 is 1.00 bits per heavy atom. The highest BCUT2D eigenvalue weighted by atomic mass is 15.0. The van der Waals surface area contributed by atoms with Gasteiger partial charge in [-0.15, -0.1) is 0 Å². The monoisotopic (exact) mass is 177 g/mol. The van der Waals surface area contributed by atoms with Crippen LogP contribution in [0, 0.1) is 13.8 Å². The van der Waals surface area contributed by atoms with Crippen LogP contribution in [0.3, 0.4) is 0 Å². The highest BCUT2D eigenvalue weighted by Gasteiger charge is 1.96. The van der Waals surface area contributed by atoms with Gasteiger partial charge in [0.2, 0.25) is 0 Å². The Kier molecular flexibility index (Phi) is 3.49. The van der Waals surface area contributed by atoms with E-state index in [1.165, 1.54) is 16.7 Å². The van der Waals surface area contributed by atoms with Gasteiger partial charge in [-0.3, -0.25) is 0 Å². The molecule has 0 saturated heterocycles. The summed E-state index contributed by atoms with van der Waals surface area (Å²) in [4.78, 5) is 2.22. The summed E-state index contributed by atoms with van der Waals surface area (Å²) in [5.41, 5.74) is 4.19. The van der Waals surface area contributed by atoms with Crippen molar-refractivity contribution >= 4 is 0 Å². The minimum atomic E-state index is 1.13. The first-order chi connectivity index (χ1) is 6.08. The minimum absolute atomic E-state index is 1.13. The maximum atomic E-state index is 2.27. The van der Waals surface area contributed by atoms with Crippen molar-refractivity contribution < 1.29 is 0 Å². The average Bonchev–Trinajstić information content (AvgIpc) is 1.99. The number of rotatable bonds is 3. The second kappa shape index (κ2) is 4.43. The molecule has 0 aliphatic carbocycles. The quantitative estimate of drug-likeness (QED) is 0.685. The van der Waals surface area contributed by atoms with E-state index >= 15 is 0 Å². The molecule has 0 spiro atoms. The third kappa shape index (κ3) is 3.60. The van der Waals surface area contributed by atoms with Gasteiger partial charge in [-0.25, -0.2) is 0 Å². The summed E-state index contributed by atoms with van der Waals surface area (Å²) in [6, 6.07) is 6.77. The molecule has 0 fully saturated rings. The van der Waals surface area contributed by atoms with E-state index in [4.69, 9.17) is 0 Å². The smallest absolute Gasteiger partial charge is 0.00157 e. The van der Waals surface area contributed by atoms with Crippen LogP contribution in [0.1, 0.15) is 16.7 Å². The molecule has 72 valence electrons. The van der Waals surface area contributed by atoms with Crippen molar-refractivity contribution in [3.05, 3.63) is 34.9 Å². The Balaban J connectivity index is 2.66. The molecular weight excluding hydrogens is 158 g/mol. The van der Waals surface area contributed by atoms with Crippen molar-refractivity contribution in [2.24, 2.45) is 0 Å². The van der Waals surface area contributed by atoms with Gasteiger partial charge in [0.15, 0.2) is 0 Å². The number of likely N-dealkylation sites (N-methyl/N-ethyl adjacent to an activating group) is 1. The molecule has 0 unspecified atom stereocenters. The largest absolute Gasteiger partial charge is 0.309 e. The van der Waals surface area contributed by atoms with Crippen molar-refractivity contribution in [3.63, 3.8) is 0 Å². The predicted octanol–water partition coefficient (Wildman–Crippen LogP) is 2.41. The number of benzene rings is 1. The third-order valence-electron chi connectivity index (χ3n) is 2.13. The minimum Gasteiger partial charge on any atom is -0.309 e. The van der Waals surface area contributed by atoms with Gasteiger partial charge < -0.3 is 4.90 Å². The standard InChI is InChI=1S/C12H19N/c1-10-7-11(2)9-12(8-10)5-6-13(3)4/h7-9H,5-6H2,1-4H3. The first-order valence-electron chi connectivity index (χ1n) is 4.80. The number of aryl methyl sites for hydroxylation is 2. The molecule has 0 aliphatic heterocycles. The molecule has 0 radical (unpaired) electrons. The van der Waals surface area contributed by atoms with Crippen LogP contribution < -0.4 is 0 Å². The normalized spacial score (nSPS) is 10.8. The van der Waals surface area contributed by atoms with E-state index in [9.17, 15) is 0 Å². The number of hydrogen-bond donors (Lipinski definition) is 0. The van der Waals surface area contributed by atoms with E-state index in [0.717, 1.165) is 13.0 Å². The van der Waals surface area contributed by atoms with Gasteiger partial charge in [-0.05, 0) is 39.9 Å². The molecule has 0 atom stereocenters. The van der Waals surface area contributed by atoms with Gasteiger partial charge in [0.1, 0.15) is 0 Å². The SMILES string of the molecule is Cc1cc(C)cc(CCN(C)C)c1. The fraction of sp³-hybridized carbons (Fsp3) is 0.500. The van der Waals surface area contributed by atoms with Crippen LogP contribution in [0.4, 0.5) is 0 Å². The first-order valence-corrected chi connectivity index (χ1v) is 4.80. The zero-order valence-electron chi connectivity index (χ0n) is 9.09. The molecule has 1 heteroatoms. The van der Waals surface area contributed by atoms with Crippen LogP contribution in [-0.2, 0) is 6.42 Å². The third-order valence-corrected chi connectivity index (χ3v) is 2.13. The molecule has 0 amide bonds. The number of hydrogen-bond acceptors (Lipinski definition) is 1. The molecule has 1 aromatic rings. The molecule has 0 saturated carbocycles. The molecule has 1 nitrogen and oxygen atoms in total. The van der Waals surface area contributed by atoms with E-state index in [1.54, 1.807) is 0 Å². The molecule has 13 heavy (non-hydrogen) atoms. The zero-order valence-corrected chi connectivity index (χ0v) is 9.09. The van der Waals surface area contributed by atoms with Crippen LogP contribution in [0.5, 0.6) is 0 Å². The summed E-state index contributed by atoms with van der Waals surface area (Å²) in [5, 5.41) is 0. The summed E-state index contributed by atoms with van der Waals surface area (Å²) in [6.45, 7) is 5.45. The Morgan fingerprint density at radius 3 is 2.00 bits per heavy atom. The maximum absolute atomic E-state index is 2.27. The van der Waals surface area contributed by atoms with E-state index in [-0.39, 0.29) is 0 Å². The molecular formula is C12H19N. The lowest BCUT2D eigenvalue weighted by Gasteiger charge is -2.10. The zero-order chi connectivity index (χ0) is 9.84. The Labute approximate surface area is 81.4 Å². The Hall–Kier alpha value is -0.820. The van der Waals surface area contributed by atoms with Gasteiger partial charge >= 0.3 is 0 Å². The Morgan fingerprint density at radius 2 is 1.54 bits per heavy atom. The van der Waals surface area contributed by atoms with Crippen molar-refractivity contribution in [1.82, 2.24) is 4.90 Å². The van der Waals surface area contributed by atoms with Crippen LogP contribution in [0.15, 0.2) is 18.2 Å². The lowest BCUT2D eigenvalue weighted by Crippen LogP contribution is -2.15. The van der Waals surface area contributed by atoms with Gasteiger partial charge in [0.25, 0.3) is 0 Å². The average molecular weight is 177 g/mol. The van der Waals surface area contributed by atoms with Gasteiger partial charge in [-0.1, -0.05) is 29.3 Å². The van der Waals surface area contributed by atoms with Crippen LogP contribution >= 0.6 is 0 Å². The highest BCUT2D eigenvalue weighted by Crippen LogP contribution is 2.09. The van der Waals surface area contributed by atoms with Gasteiger partial charge in [-0.2, -0.15) is 0 Å². The number of nitrogens with zero attached hydrogens (tertiary/aromatic N) is 1. The molecule has 0 aliphatic rings. The Bertz CT molecular complexity index is 256. The molecule has 0 aromatic heterocycles. The highest BCUT2D eigenvalue weighted by molar-refractivity contribution is 5.28. The molecule has 1 rings (SSSR count). The summed E-state index contributed by atoms with van der Waals surface area (Å²) in [5.74, 6) is 0. The topological polar surface area (TPSA) is 3.24 Å². The van der Waals surface area contributed by atoms with E-state index in [2.05, 4.69) is 51.0 Å². The van der Waals surface area contributed by atoms with Crippen LogP contribution in [0.25, 0.3) is 0 Å². The van der Waals surface area contributed by atoms with Crippen molar-refractivity contribution in [2.75, 3.05) is 20.6 Å². The summed E-state index contributed by atoms with van der Waals surface area (Å²) < 4.78 is 0. The van der Waals surface area contributed by atoms with Gasteiger partial charge in [0.05, 0.1) is 0 Å². The fourth-order valence-electron chi connectivity index (χ4n) is 1.57. The summed E-state index contributed by atoms with van der Waals surface area (Å²) in [6.07, 6.45) is 1.15. The van der Waals surface area contributed by atoms with Crippen molar-refractivity contribution in [1.29, 1.82) is 0 Å². The lowest BCUT2D eigenvalue weighted by atomic mass is 10.1. The van der Waals surface area contributed by atoms with E-state index in [1.807, 2.05) is 0 Å². The second-order valence-electron chi connectivity index (χ2n) is 4.05. The van der Waals surface area contributed by atoms with E-state index < -0.39 is 0 Å². The van der Waals surface area contributed by atoms with Crippen molar-refractivity contribution in [2.45, 2.75) is 20.3 Å². The molecule has 0 bridgehead atoms. The maximum Gasteiger partial charge on any atom is 0.00157 e. The molecule has 1 aromatic carbocycles. The second-order valence-corrected chi connectivity index (χ2v) is 4.05. The lowest BCUT2D eigenvalue weighted by molar-refractivity contribution is 0.413. The molecule has 0 heterocycles. The van der Waals surface area contributed by atoms with Crippen molar-refractivity contribution in [3.8, 4) is 0 Å². The van der Waals surface area contributed by atoms with E-state index in [0.29, 0.717) is 0 Å². The summed E-state index contributed by atoms with van der Waals surface area (Å²) >= 11 is 0. The van der Waals surface area contributed by atoms with Crippen LogP contribution in [0.2, 0.25) is 0 Å².